The van der Waals surface area contributed by atoms with Crippen LogP contribution in [0.1, 0.15) is 71.6 Å². The first kappa shape index (κ1) is 23.9. The van der Waals surface area contributed by atoms with E-state index < -0.39 is 5.97 Å². The minimum atomic E-state index is -0.789. The SMILES string of the molecule is CC/C=C/C/C=C/C/C=C/C/C=C/C/C=C/CCC/C=C(\CC)C(=O)O. The van der Waals surface area contributed by atoms with Gasteiger partial charge < -0.3 is 5.11 Å². The van der Waals surface area contributed by atoms with Gasteiger partial charge in [0.25, 0.3) is 0 Å². The van der Waals surface area contributed by atoms with Gasteiger partial charge in [-0.05, 0) is 57.8 Å². The van der Waals surface area contributed by atoms with Crippen molar-refractivity contribution in [3.05, 3.63) is 72.4 Å². The highest BCUT2D eigenvalue weighted by Gasteiger charge is 2.01. The third kappa shape index (κ3) is 16.8. The molecule has 0 rings (SSSR count). The molecule has 144 valence electrons. The fourth-order valence-corrected chi connectivity index (χ4v) is 2.26. The van der Waals surface area contributed by atoms with Crippen molar-refractivity contribution in [1.29, 1.82) is 0 Å². The molecule has 1 N–H and O–H groups in total. The molecule has 0 aromatic carbocycles. The highest BCUT2D eigenvalue weighted by Crippen LogP contribution is 2.06. The Labute approximate surface area is 160 Å². The van der Waals surface area contributed by atoms with E-state index in [0.29, 0.717) is 12.0 Å². The molecule has 0 aliphatic heterocycles. The maximum Gasteiger partial charge on any atom is 0.331 e. The summed E-state index contributed by atoms with van der Waals surface area (Å²) in [6.07, 6.45) is 32.3. The molecule has 0 heterocycles. The van der Waals surface area contributed by atoms with Crippen LogP contribution in [0, 0.1) is 0 Å². The summed E-state index contributed by atoms with van der Waals surface area (Å²) in [6, 6.07) is 0. The van der Waals surface area contributed by atoms with Gasteiger partial charge in [0.05, 0.1) is 0 Å². The second-order valence-electron chi connectivity index (χ2n) is 6.03. The maximum absolute atomic E-state index is 10.8. The Kier molecular flexibility index (Phi) is 17.7. The van der Waals surface area contributed by atoms with Crippen LogP contribution >= 0.6 is 0 Å². The molecule has 0 atom stereocenters. The highest BCUT2D eigenvalue weighted by molar-refractivity contribution is 5.86. The Morgan fingerprint density at radius 3 is 1.58 bits per heavy atom. The van der Waals surface area contributed by atoms with Gasteiger partial charge in [-0.3, -0.25) is 0 Å². The van der Waals surface area contributed by atoms with Crippen LogP contribution in [0.4, 0.5) is 0 Å². The number of unbranched alkanes of at least 4 members (excludes halogenated alkanes) is 2. The van der Waals surface area contributed by atoms with Crippen LogP contribution in [0.2, 0.25) is 0 Å². The number of carboxylic acids is 1. The molecule has 0 aliphatic carbocycles. The van der Waals surface area contributed by atoms with E-state index in [0.717, 1.165) is 51.4 Å². The lowest BCUT2D eigenvalue weighted by Gasteiger charge is -1.97. The van der Waals surface area contributed by atoms with Gasteiger partial charge in [0.15, 0.2) is 0 Å². The normalized spacial score (nSPS) is 13.4. The molecule has 0 radical (unpaired) electrons. The van der Waals surface area contributed by atoms with Gasteiger partial charge >= 0.3 is 5.97 Å². The van der Waals surface area contributed by atoms with E-state index in [-0.39, 0.29) is 0 Å². The highest BCUT2D eigenvalue weighted by atomic mass is 16.4. The Hall–Kier alpha value is -2.09. The molecule has 0 spiro atoms. The summed E-state index contributed by atoms with van der Waals surface area (Å²) in [5.74, 6) is -0.789. The van der Waals surface area contributed by atoms with Gasteiger partial charge in [-0.1, -0.05) is 80.7 Å². The molecule has 0 aliphatic rings. The summed E-state index contributed by atoms with van der Waals surface area (Å²) >= 11 is 0. The Morgan fingerprint density at radius 1 is 0.692 bits per heavy atom. The summed E-state index contributed by atoms with van der Waals surface area (Å²) in [6.45, 7) is 4.03. The van der Waals surface area contributed by atoms with Gasteiger partial charge in [-0.25, -0.2) is 4.79 Å². The predicted molar refractivity (Wildman–Crippen MR) is 114 cm³/mol. The maximum atomic E-state index is 10.8. The van der Waals surface area contributed by atoms with Gasteiger partial charge in [0, 0.05) is 5.57 Å². The van der Waals surface area contributed by atoms with Crippen LogP contribution in [0.15, 0.2) is 72.4 Å². The largest absolute Gasteiger partial charge is 0.478 e. The second-order valence-corrected chi connectivity index (χ2v) is 6.03. The third-order valence-corrected chi connectivity index (χ3v) is 3.78. The van der Waals surface area contributed by atoms with Crippen LogP contribution < -0.4 is 0 Å². The number of carboxylic acid groups (broad SMARTS) is 1. The van der Waals surface area contributed by atoms with Crippen LogP contribution in [-0.2, 0) is 4.79 Å². The second kappa shape index (κ2) is 19.2. The van der Waals surface area contributed by atoms with Crippen molar-refractivity contribution in [2.24, 2.45) is 0 Å². The molecule has 0 saturated carbocycles. The van der Waals surface area contributed by atoms with Gasteiger partial charge in [0.1, 0.15) is 0 Å². The molecular weight excluding hydrogens is 320 g/mol. The summed E-state index contributed by atoms with van der Waals surface area (Å²) in [7, 11) is 0. The van der Waals surface area contributed by atoms with Crippen molar-refractivity contribution in [2.45, 2.75) is 71.6 Å². The number of hydrogen-bond donors (Lipinski definition) is 1. The zero-order valence-electron chi connectivity index (χ0n) is 16.6. The first-order valence-corrected chi connectivity index (χ1v) is 9.89. The summed E-state index contributed by atoms with van der Waals surface area (Å²) in [4.78, 5) is 10.8. The van der Waals surface area contributed by atoms with Crippen molar-refractivity contribution >= 4 is 5.97 Å². The number of hydrogen-bond acceptors (Lipinski definition) is 1. The standard InChI is InChI=1S/C24H36O2/c1-3-5-6-7-8-9-10-11-12-13-14-15-16-17-18-19-20-21-22-23(4-2)24(25)26/h5-6,8-9,11-12,14-15,17-18,22H,3-4,7,10,13,16,19-21H2,1-2H3,(H,25,26)/b6-5+,9-8+,12-11+,15-14+,18-17+,23-22+. The van der Waals surface area contributed by atoms with E-state index in [1.54, 1.807) is 0 Å². The molecule has 0 amide bonds. The van der Waals surface area contributed by atoms with Gasteiger partial charge in [-0.15, -0.1) is 0 Å². The van der Waals surface area contributed by atoms with Crippen molar-refractivity contribution in [2.75, 3.05) is 0 Å². The van der Waals surface area contributed by atoms with Crippen LogP contribution in [0.5, 0.6) is 0 Å². The van der Waals surface area contributed by atoms with Crippen molar-refractivity contribution < 1.29 is 9.90 Å². The number of carbonyl (C=O) groups is 1. The average Bonchev–Trinajstić information content (AvgIpc) is 2.63. The van der Waals surface area contributed by atoms with Crippen LogP contribution in [-0.4, -0.2) is 11.1 Å². The lowest BCUT2D eigenvalue weighted by Crippen LogP contribution is -1.98. The third-order valence-electron chi connectivity index (χ3n) is 3.78. The molecule has 0 fully saturated rings. The first-order valence-electron chi connectivity index (χ1n) is 9.89. The molecule has 0 aromatic heterocycles. The fraction of sp³-hybridized carbons (Fsp3) is 0.458. The quantitative estimate of drug-likeness (QED) is 0.189. The lowest BCUT2D eigenvalue weighted by molar-refractivity contribution is -0.132. The van der Waals surface area contributed by atoms with Crippen LogP contribution in [0.3, 0.4) is 0 Å². The lowest BCUT2D eigenvalue weighted by atomic mass is 10.1. The van der Waals surface area contributed by atoms with E-state index >= 15 is 0 Å². The Morgan fingerprint density at radius 2 is 1.15 bits per heavy atom. The Bertz CT molecular complexity index is 516. The first-order chi connectivity index (χ1) is 12.7. The fourth-order valence-electron chi connectivity index (χ4n) is 2.26. The summed E-state index contributed by atoms with van der Waals surface area (Å²) < 4.78 is 0. The zero-order valence-corrected chi connectivity index (χ0v) is 16.6. The van der Waals surface area contributed by atoms with Crippen molar-refractivity contribution in [1.82, 2.24) is 0 Å². The zero-order chi connectivity index (χ0) is 19.3. The molecule has 26 heavy (non-hydrogen) atoms. The van der Waals surface area contributed by atoms with Crippen molar-refractivity contribution in [3.63, 3.8) is 0 Å². The van der Waals surface area contributed by atoms with E-state index in [4.69, 9.17) is 5.11 Å². The molecule has 0 saturated heterocycles. The smallest absolute Gasteiger partial charge is 0.331 e. The molecular formula is C24H36O2. The minimum absolute atomic E-state index is 0.522. The van der Waals surface area contributed by atoms with E-state index in [1.165, 1.54) is 0 Å². The Balaban J connectivity index is 3.63. The van der Waals surface area contributed by atoms with Gasteiger partial charge in [0.2, 0.25) is 0 Å². The van der Waals surface area contributed by atoms with E-state index in [2.05, 4.69) is 67.7 Å². The summed E-state index contributed by atoms with van der Waals surface area (Å²) in [5, 5.41) is 8.92. The van der Waals surface area contributed by atoms with Crippen molar-refractivity contribution in [3.8, 4) is 0 Å². The molecule has 0 bridgehead atoms. The number of rotatable bonds is 15. The molecule has 2 heteroatoms. The molecule has 0 aromatic rings. The molecule has 0 unspecified atom stereocenters. The number of allylic oxidation sites excluding steroid dienone is 11. The predicted octanol–water partition coefficient (Wildman–Crippen LogP) is 7.33. The van der Waals surface area contributed by atoms with Crippen LogP contribution in [0.25, 0.3) is 0 Å². The minimum Gasteiger partial charge on any atom is -0.478 e. The topological polar surface area (TPSA) is 37.3 Å². The van der Waals surface area contributed by atoms with E-state index in [1.807, 2.05) is 13.0 Å². The van der Waals surface area contributed by atoms with E-state index in [9.17, 15) is 4.79 Å². The monoisotopic (exact) mass is 356 g/mol. The number of aliphatic carboxylic acids is 1. The summed E-state index contributed by atoms with van der Waals surface area (Å²) in [5.41, 5.74) is 0.522. The van der Waals surface area contributed by atoms with Gasteiger partial charge in [-0.2, -0.15) is 0 Å². The average molecular weight is 357 g/mol. The molecule has 2 nitrogen and oxygen atoms in total.